The highest BCUT2D eigenvalue weighted by molar-refractivity contribution is 14.1. The zero-order valence-electron chi connectivity index (χ0n) is 16.3. The first-order chi connectivity index (χ1) is 14.2. The molecule has 4 aromatic carbocycles. The molecule has 0 unspecified atom stereocenters. The van der Waals surface area contributed by atoms with Crippen LogP contribution in [0.25, 0.3) is 0 Å². The molecule has 0 bridgehead atoms. The van der Waals surface area contributed by atoms with Crippen LogP contribution in [0.2, 0.25) is 0 Å². The van der Waals surface area contributed by atoms with E-state index in [9.17, 15) is 0 Å². The smallest absolute Gasteiger partial charge is 0.112 e. The van der Waals surface area contributed by atoms with Crippen molar-refractivity contribution >= 4 is 28.3 Å². The van der Waals surface area contributed by atoms with Crippen molar-refractivity contribution in [2.45, 2.75) is 12.5 Å². The monoisotopic (exact) mass is 490 g/mol. The summed E-state index contributed by atoms with van der Waals surface area (Å²) in [5, 5.41) is 0. The lowest BCUT2D eigenvalue weighted by Gasteiger charge is -2.37. The Balaban J connectivity index is 1.88. The highest BCUT2D eigenvalue weighted by Gasteiger charge is 2.36. The lowest BCUT2D eigenvalue weighted by Crippen LogP contribution is -2.47. The van der Waals surface area contributed by atoms with E-state index in [1.807, 2.05) is 0 Å². The number of nitrogens with one attached hydrogen (secondary N) is 2. The van der Waals surface area contributed by atoms with E-state index in [2.05, 4.69) is 150 Å². The minimum atomic E-state index is -0.544. The first kappa shape index (κ1) is 19.7. The summed E-state index contributed by atoms with van der Waals surface area (Å²) in [6.45, 7) is 2.11. The highest BCUT2D eigenvalue weighted by atomic mass is 127. The molecule has 3 heteroatoms. The molecule has 144 valence electrons. The van der Waals surface area contributed by atoms with E-state index in [1.54, 1.807) is 0 Å². The van der Waals surface area contributed by atoms with Crippen molar-refractivity contribution in [1.82, 2.24) is 5.43 Å². The predicted molar refractivity (Wildman–Crippen MR) is 130 cm³/mol. The normalized spacial score (nSPS) is 11.2. The molecule has 0 spiro atoms. The van der Waals surface area contributed by atoms with Gasteiger partial charge in [0.15, 0.2) is 0 Å². The van der Waals surface area contributed by atoms with Crippen LogP contribution in [-0.2, 0) is 5.54 Å². The molecule has 4 rings (SSSR count). The second kappa shape index (κ2) is 8.80. The molecule has 0 aliphatic rings. The summed E-state index contributed by atoms with van der Waals surface area (Å²) in [6.07, 6.45) is 0. The van der Waals surface area contributed by atoms with Crippen LogP contribution in [0.1, 0.15) is 22.3 Å². The number of hydrogen-bond acceptors (Lipinski definition) is 2. The summed E-state index contributed by atoms with van der Waals surface area (Å²) in [7, 11) is 0. The van der Waals surface area contributed by atoms with Crippen LogP contribution < -0.4 is 10.9 Å². The Morgan fingerprint density at radius 1 is 0.621 bits per heavy atom. The summed E-state index contributed by atoms with van der Waals surface area (Å²) in [5.41, 5.74) is 12.5. The van der Waals surface area contributed by atoms with Crippen LogP contribution in [-0.4, -0.2) is 0 Å². The first-order valence-corrected chi connectivity index (χ1v) is 10.7. The SMILES string of the molecule is Cc1ccc(NNC(c2ccccc2)(c2ccccc2)c2ccccc2)c(I)c1. The zero-order chi connectivity index (χ0) is 20.1. The Morgan fingerprint density at radius 3 is 1.48 bits per heavy atom. The number of hydrogen-bond donors (Lipinski definition) is 2. The van der Waals surface area contributed by atoms with E-state index in [4.69, 9.17) is 0 Å². The largest absolute Gasteiger partial charge is 0.319 e. The minimum Gasteiger partial charge on any atom is -0.319 e. The van der Waals surface area contributed by atoms with Crippen molar-refractivity contribution in [2.24, 2.45) is 0 Å². The molecule has 0 aliphatic carbocycles. The molecule has 0 atom stereocenters. The number of anilines is 1. The summed E-state index contributed by atoms with van der Waals surface area (Å²) < 4.78 is 1.18. The lowest BCUT2D eigenvalue weighted by atomic mass is 9.77. The molecule has 0 fully saturated rings. The molecule has 2 N–H and O–H groups in total. The van der Waals surface area contributed by atoms with Crippen LogP contribution in [0.15, 0.2) is 109 Å². The maximum Gasteiger partial charge on any atom is 0.112 e. The van der Waals surface area contributed by atoms with Crippen LogP contribution in [0.3, 0.4) is 0 Å². The standard InChI is InChI=1S/C26H23IN2/c1-20-17-18-25(24(27)19-20)28-29-26(21-11-5-2-6-12-21,22-13-7-3-8-14-22)23-15-9-4-10-16-23/h2-19,28-29H,1H3. The van der Waals surface area contributed by atoms with Gasteiger partial charge in [0.2, 0.25) is 0 Å². The van der Waals surface area contributed by atoms with Crippen molar-refractivity contribution in [1.29, 1.82) is 0 Å². The topological polar surface area (TPSA) is 24.1 Å². The molecule has 0 amide bonds. The Hall–Kier alpha value is -2.63. The van der Waals surface area contributed by atoms with Gasteiger partial charge in [-0.1, -0.05) is 97.1 Å². The fourth-order valence-electron chi connectivity index (χ4n) is 3.66. The molecule has 2 nitrogen and oxygen atoms in total. The fourth-order valence-corrected chi connectivity index (χ4v) is 4.47. The molecule has 0 heterocycles. The van der Waals surface area contributed by atoms with E-state index in [1.165, 1.54) is 25.8 Å². The van der Waals surface area contributed by atoms with Gasteiger partial charge in [-0.05, 0) is 63.9 Å². The van der Waals surface area contributed by atoms with E-state index >= 15 is 0 Å². The molecule has 4 aromatic rings. The van der Waals surface area contributed by atoms with Gasteiger partial charge in [-0.25, -0.2) is 5.43 Å². The Morgan fingerprint density at radius 2 is 1.07 bits per heavy atom. The molecular formula is C26H23IN2. The van der Waals surface area contributed by atoms with Gasteiger partial charge in [-0.15, -0.1) is 0 Å². The van der Waals surface area contributed by atoms with E-state index < -0.39 is 5.54 Å². The van der Waals surface area contributed by atoms with Crippen LogP contribution in [0.5, 0.6) is 0 Å². The highest BCUT2D eigenvalue weighted by Crippen LogP contribution is 2.37. The van der Waals surface area contributed by atoms with Crippen molar-refractivity contribution < 1.29 is 0 Å². The van der Waals surface area contributed by atoms with Crippen molar-refractivity contribution in [3.63, 3.8) is 0 Å². The lowest BCUT2D eigenvalue weighted by molar-refractivity contribution is 0.520. The number of aryl methyl sites for hydroxylation is 1. The number of benzene rings is 4. The van der Waals surface area contributed by atoms with Gasteiger partial charge in [0.1, 0.15) is 5.54 Å². The maximum atomic E-state index is 3.70. The minimum absolute atomic E-state index is 0.544. The Bertz CT molecular complexity index is 967. The second-order valence-electron chi connectivity index (χ2n) is 7.08. The molecule has 0 radical (unpaired) electrons. The van der Waals surface area contributed by atoms with Gasteiger partial charge in [-0.3, -0.25) is 0 Å². The molecule has 29 heavy (non-hydrogen) atoms. The molecule has 0 saturated heterocycles. The van der Waals surface area contributed by atoms with Gasteiger partial charge in [0.05, 0.1) is 5.69 Å². The van der Waals surface area contributed by atoms with Gasteiger partial charge < -0.3 is 5.43 Å². The summed E-state index contributed by atoms with van der Waals surface area (Å²) >= 11 is 2.38. The van der Waals surface area contributed by atoms with Gasteiger partial charge >= 0.3 is 0 Å². The molecule has 0 aromatic heterocycles. The van der Waals surface area contributed by atoms with Crippen molar-refractivity contribution in [2.75, 3.05) is 5.43 Å². The van der Waals surface area contributed by atoms with Gasteiger partial charge in [0.25, 0.3) is 0 Å². The maximum absolute atomic E-state index is 3.70. The van der Waals surface area contributed by atoms with E-state index in [0.717, 1.165) is 5.69 Å². The fraction of sp³-hybridized carbons (Fsp3) is 0.0769. The molecule has 0 saturated carbocycles. The summed E-state index contributed by atoms with van der Waals surface area (Å²) in [6, 6.07) is 38.2. The van der Waals surface area contributed by atoms with E-state index in [0.29, 0.717) is 0 Å². The summed E-state index contributed by atoms with van der Waals surface area (Å²) in [4.78, 5) is 0. The molecule has 0 aliphatic heterocycles. The van der Waals surface area contributed by atoms with Crippen LogP contribution in [0.4, 0.5) is 5.69 Å². The number of hydrazine groups is 1. The number of rotatable bonds is 6. The van der Waals surface area contributed by atoms with E-state index in [-0.39, 0.29) is 0 Å². The Labute approximate surface area is 186 Å². The third kappa shape index (κ3) is 4.07. The quantitative estimate of drug-likeness (QED) is 0.183. The van der Waals surface area contributed by atoms with Gasteiger partial charge in [0, 0.05) is 3.57 Å². The summed E-state index contributed by atoms with van der Waals surface area (Å²) in [5.74, 6) is 0. The zero-order valence-corrected chi connectivity index (χ0v) is 18.4. The van der Waals surface area contributed by atoms with Crippen molar-refractivity contribution in [3.05, 3.63) is 135 Å². The van der Waals surface area contributed by atoms with Crippen LogP contribution >= 0.6 is 22.6 Å². The second-order valence-corrected chi connectivity index (χ2v) is 8.24. The van der Waals surface area contributed by atoms with Gasteiger partial charge in [-0.2, -0.15) is 0 Å². The Kier molecular flexibility index (Phi) is 5.97. The van der Waals surface area contributed by atoms with Crippen LogP contribution in [0, 0.1) is 10.5 Å². The predicted octanol–water partition coefficient (Wildman–Crippen LogP) is 6.51. The average molecular weight is 490 g/mol. The van der Waals surface area contributed by atoms with Crippen molar-refractivity contribution in [3.8, 4) is 0 Å². The third-order valence-corrected chi connectivity index (χ3v) is 6.02. The first-order valence-electron chi connectivity index (χ1n) is 9.66. The third-order valence-electron chi connectivity index (χ3n) is 5.13. The molecular weight excluding hydrogens is 467 g/mol. The number of halogens is 1. The average Bonchev–Trinajstić information content (AvgIpc) is 2.78.